The number of carbonyl (C=O) groups excluding carboxylic acids is 2. The average Bonchev–Trinajstić information content (AvgIpc) is 3.28. The molecule has 1 amide bonds. The third-order valence-corrected chi connectivity index (χ3v) is 5.65. The molecule has 1 N–H and O–H groups in total. The zero-order valence-corrected chi connectivity index (χ0v) is 17.7. The van der Waals surface area contributed by atoms with Crippen LogP contribution in [-0.4, -0.2) is 27.9 Å². The first-order valence-corrected chi connectivity index (χ1v) is 10.5. The van der Waals surface area contributed by atoms with Crippen LogP contribution in [0, 0.1) is 13.8 Å². The van der Waals surface area contributed by atoms with Gasteiger partial charge in [0.25, 0.3) is 5.91 Å². The minimum absolute atomic E-state index is 0.252. The van der Waals surface area contributed by atoms with Crippen LogP contribution in [0.25, 0.3) is 16.8 Å². The fourth-order valence-electron chi connectivity index (χ4n) is 3.39. The van der Waals surface area contributed by atoms with E-state index in [9.17, 15) is 9.59 Å². The Morgan fingerprint density at radius 3 is 2.67 bits per heavy atom. The van der Waals surface area contributed by atoms with Crippen LogP contribution in [0.1, 0.15) is 39.0 Å². The maximum atomic E-state index is 13.2. The number of nitrogens with one attached hydrogen (secondary N) is 1. The lowest BCUT2D eigenvalue weighted by Crippen LogP contribution is -2.17. The number of benzene rings is 1. The van der Waals surface area contributed by atoms with Gasteiger partial charge in [-0.15, -0.1) is 11.3 Å². The van der Waals surface area contributed by atoms with Crippen molar-refractivity contribution in [1.82, 2.24) is 9.38 Å². The number of ether oxygens (including phenoxy) is 1. The molecule has 3 aromatic heterocycles. The van der Waals surface area contributed by atoms with Crippen molar-refractivity contribution in [1.29, 1.82) is 0 Å². The first kappa shape index (κ1) is 19.8. The van der Waals surface area contributed by atoms with E-state index in [2.05, 4.69) is 10.3 Å². The lowest BCUT2D eigenvalue weighted by atomic mass is 10.0. The lowest BCUT2D eigenvalue weighted by molar-refractivity contribution is 0.0529. The minimum atomic E-state index is -0.460. The van der Waals surface area contributed by atoms with Gasteiger partial charge in [-0.05, 0) is 44.0 Å². The molecule has 0 aliphatic rings. The van der Waals surface area contributed by atoms with E-state index < -0.39 is 5.97 Å². The summed E-state index contributed by atoms with van der Waals surface area (Å²) in [7, 11) is 0. The number of hydrogen-bond acceptors (Lipinski definition) is 5. The van der Waals surface area contributed by atoms with Gasteiger partial charge in [0.05, 0.1) is 12.3 Å². The van der Waals surface area contributed by atoms with Crippen molar-refractivity contribution in [3.8, 4) is 11.1 Å². The van der Waals surface area contributed by atoms with Gasteiger partial charge < -0.3 is 10.1 Å². The zero-order chi connectivity index (χ0) is 21.3. The maximum Gasteiger partial charge on any atom is 0.341 e. The number of carbonyl (C=O) groups is 2. The maximum absolute atomic E-state index is 13.2. The predicted octanol–water partition coefficient (Wildman–Crippen LogP) is 5.11. The number of aromatic nitrogens is 2. The highest BCUT2D eigenvalue weighted by Gasteiger charge is 2.25. The molecule has 0 spiro atoms. The molecule has 0 radical (unpaired) electrons. The summed E-state index contributed by atoms with van der Waals surface area (Å²) in [5, 5.41) is 5.23. The highest BCUT2D eigenvalue weighted by atomic mass is 32.1. The molecule has 0 aliphatic heterocycles. The third-order valence-electron chi connectivity index (χ3n) is 4.75. The van der Waals surface area contributed by atoms with E-state index in [1.54, 1.807) is 18.2 Å². The highest BCUT2D eigenvalue weighted by molar-refractivity contribution is 7.15. The van der Waals surface area contributed by atoms with Crippen molar-refractivity contribution in [2.75, 3.05) is 11.9 Å². The molecule has 0 fully saturated rings. The quantitative estimate of drug-likeness (QED) is 0.456. The predicted molar refractivity (Wildman–Crippen MR) is 118 cm³/mol. The molecule has 7 heteroatoms. The molecule has 6 nitrogen and oxygen atoms in total. The number of pyridine rings is 1. The third kappa shape index (κ3) is 3.59. The highest BCUT2D eigenvalue weighted by Crippen LogP contribution is 2.36. The number of thiophene rings is 1. The van der Waals surface area contributed by atoms with Crippen molar-refractivity contribution in [3.05, 3.63) is 76.6 Å². The van der Waals surface area contributed by atoms with Crippen molar-refractivity contribution < 1.29 is 14.3 Å². The summed E-state index contributed by atoms with van der Waals surface area (Å²) in [6.07, 6.45) is 1.83. The average molecular weight is 420 g/mol. The van der Waals surface area contributed by atoms with Crippen LogP contribution in [-0.2, 0) is 4.74 Å². The Bertz CT molecular complexity index is 1240. The first-order chi connectivity index (χ1) is 14.5. The molecule has 0 unspecified atom stereocenters. The molecule has 1 aromatic carbocycles. The summed E-state index contributed by atoms with van der Waals surface area (Å²) in [6, 6.07) is 13.4. The first-order valence-electron chi connectivity index (χ1n) is 9.60. The molecule has 3 heterocycles. The fraction of sp³-hybridized carbons (Fsp3) is 0.174. The number of fused-ring (bicyclic) bond motifs is 1. The summed E-state index contributed by atoms with van der Waals surface area (Å²) in [5.74, 6) is -0.783. The van der Waals surface area contributed by atoms with E-state index in [1.165, 1.54) is 11.3 Å². The number of esters is 1. The molecular weight excluding hydrogens is 398 g/mol. The van der Waals surface area contributed by atoms with Crippen molar-refractivity contribution >= 4 is 33.9 Å². The fourth-order valence-corrected chi connectivity index (χ4v) is 4.34. The Labute approximate surface area is 178 Å². The zero-order valence-electron chi connectivity index (χ0n) is 16.9. The number of rotatable bonds is 5. The second kappa shape index (κ2) is 8.12. The van der Waals surface area contributed by atoms with Crippen molar-refractivity contribution in [2.45, 2.75) is 20.8 Å². The largest absolute Gasteiger partial charge is 0.462 e. The number of hydrogen-bond donors (Lipinski definition) is 1. The Morgan fingerprint density at radius 1 is 1.17 bits per heavy atom. The summed E-state index contributed by atoms with van der Waals surface area (Å²) in [5.41, 5.74) is 4.82. The second-order valence-electron chi connectivity index (χ2n) is 6.87. The smallest absolute Gasteiger partial charge is 0.341 e. The molecule has 0 aliphatic carbocycles. The van der Waals surface area contributed by atoms with E-state index in [0.29, 0.717) is 27.6 Å². The standard InChI is InChI=1S/C23H21N3O3S/c1-4-29-23(28)19-17(16-8-6-5-7-9-16)13-30-22(19)25-21(27)20-15(3)24-18-12-14(2)10-11-26(18)20/h5-13H,4H2,1-3H3,(H,25,27). The van der Waals surface area contributed by atoms with Gasteiger partial charge in [0, 0.05) is 17.1 Å². The van der Waals surface area contributed by atoms with Gasteiger partial charge >= 0.3 is 5.97 Å². The Hall–Kier alpha value is -3.45. The molecule has 152 valence electrons. The van der Waals surface area contributed by atoms with Crippen LogP contribution in [0.4, 0.5) is 5.00 Å². The van der Waals surface area contributed by atoms with E-state index in [4.69, 9.17) is 4.74 Å². The van der Waals surface area contributed by atoms with Crippen LogP contribution >= 0.6 is 11.3 Å². The van der Waals surface area contributed by atoms with Crippen molar-refractivity contribution in [3.63, 3.8) is 0 Å². The summed E-state index contributed by atoms with van der Waals surface area (Å²) in [4.78, 5) is 30.4. The second-order valence-corrected chi connectivity index (χ2v) is 7.75. The Balaban J connectivity index is 1.75. The summed E-state index contributed by atoms with van der Waals surface area (Å²) in [6.45, 7) is 5.79. The van der Waals surface area contributed by atoms with Gasteiger partial charge in [0.15, 0.2) is 0 Å². The summed E-state index contributed by atoms with van der Waals surface area (Å²) >= 11 is 1.30. The topological polar surface area (TPSA) is 72.7 Å². The van der Waals surface area contributed by atoms with E-state index in [1.807, 2.05) is 61.0 Å². The number of aryl methyl sites for hydroxylation is 2. The molecule has 0 saturated carbocycles. The van der Waals surface area contributed by atoms with Gasteiger partial charge in [0.2, 0.25) is 0 Å². The normalized spacial score (nSPS) is 10.9. The number of nitrogens with zero attached hydrogens (tertiary/aromatic N) is 2. The van der Waals surface area contributed by atoms with Crippen LogP contribution in [0.15, 0.2) is 54.0 Å². The van der Waals surface area contributed by atoms with Crippen molar-refractivity contribution in [2.24, 2.45) is 0 Å². The number of anilines is 1. The van der Waals surface area contributed by atoms with Crippen LogP contribution in [0.3, 0.4) is 0 Å². The van der Waals surface area contributed by atoms with Gasteiger partial charge in [-0.2, -0.15) is 0 Å². The monoisotopic (exact) mass is 419 g/mol. The molecule has 0 atom stereocenters. The minimum Gasteiger partial charge on any atom is -0.462 e. The lowest BCUT2D eigenvalue weighted by Gasteiger charge is -2.09. The molecule has 30 heavy (non-hydrogen) atoms. The van der Waals surface area contributed by atoms with Crippen LogP contribution in [0.5, 0.6) is 0 Å². The Morgan fingerprint density at radius 2 is 1.93 bits per heavy atom. The van der Waals surface area contributed by atoms with Gasteiger partial charge in [-0.3, -0.25) is 9.20 Å². The van der Waals surface area contributed by atoms with Gasteiger partial charge in [-0.25, -0.2) is 9.78 Å². The van der Waals surface area contributed by atoms with Crippen LogP contribution in [0.2, 0.25) is 0 Å². The molecule has 0 bridgehead atoms. The van der Waals surface area contributed by atoms with E-state index in [-0.39, 0.29) is 12.5 Å². The molecular formula is C23H21N3O3S. The van der Waals surface area contributed by atoms with Crippen LogP contribution < -0.4 is 5.32 Å². The molecule has 4 aromatic rings. The van der Waals surface area contributed by atoms with Gasteiger partial charge in [0.1, 0.15) is 21.9 Å². The number of imidazole rings is 1. The number of amides is 1. The molecule has 0 saturated heterocycles. The van der Waals surface area contributed by atoms with E-state index in [0.717, 1.165) is 16.7 Å². The van der Waals surface area contributed by atoms with Gasteiger partial charge in [-0.1, -0.05) is 30.3 Å². The molecule has 4 rings (SSSR count). The van der Waals surface area contributed by atoms with E-state index >= 15 is 0 Å². The SMILES string of the molecule is CCOC(=O)c1c(-c2ccccc2)csc1NC(=O)c1c(C)nc2cc(C)ccn12. The summed E-state index contributed by atoms with van der Waals surface area (Å²) < 4.78 is 7.02. The Kier molecular flexibility index (Phi) is 5.37.